The number of likely N-dealkylation sites (N-methyl/N-ethyl adjacent to an activating group) is 2. The molecule has 0 spiro atoms. The van der Waals surface area contributed by atoms with Crippen molar-refractivity contribution in [2.75, 3.05) is 66.5 Å². The Balaban J connectivity index is 0. The van der Waals surface area contributed by atoms with Gasteiger partial charge in [0.25, 0.3) is 0 Å². The summed E-state index contributed by atoms with van der Waals surface area (Å²) in [5, 5.41) is 3.34. The van der Waals surface area contributed by atoms with E-state index in [2.05, 4.69) is 34.1 Å². The van der Waals surface area contributed by atoms with Crippen molar-refractivity contribution < 1.29 is 0 Å². The largest absolute Gasteiger partial charge is 0.315 e. The van der Waals surface area contributed by atoms with E-state index in [1.807, 2.05) is 41.5 Å². The van der Waals surface area contributed by atoms with Gasteiger partial charge in [0.2, 0.25) is 0 Å². The lowest BCUT2D eigenvalue weighted by Gasteiger charge is -2.33. The lowest BCUT2D eigenvalue weighted by atomic mass is 9.94. The van der Waals surface area contributed by atoms with Gasteiger partial charge in [-0.15, -0.1) is 0 Å². The summed E-state index contributed by atoms with van der Waals surface area (Å²) in [5.41, 5.74) is 0. The van der Waals surface area contributed by atoms with E-state index in [-0.39, 0.29) is 0 Å². The highest BCUT2D eigenvalue weighted by Gasteiger charge is 2.22. The van der Waals surface area contributed by atoms with Crippen LogP contribution in [0.2, 0.25) is 0 Å². The van der Waals surface area contributed by atoms with E-state index in [4.69, 9.17) is 0 Å². The molecule has 1 saturated carbocycles. The number of nitrogens with one attached hydrogen (secondary N) is 1. The molecule has 1 aliphatic carbocycles. The maximum Gasteiger partial charge on any atom is 0.0112 e. The van der Waals surface area contributed by atoms with E-state index < -0.39 is 0 Å². The third kappa shape index (κ3) is 15.7. The molecule has 2 saturated heterocycles. The zero-order valence-electron chi connectivity index (χ0n) is 21.0. The summed E-state index contributed by atoms with van der Waals surface area (Å²) in [4.78, 5) is 7.59. The molecule has 172 valence electrons. The van der Waals surface area contributed by atoms with Gasteiger partial charge in [0.15, 0.2) is 0 Å². The van der Waals surface area contributed by atoms with Crippen molar-refractivity contribution in [3.05, 3.63) is 0 Å². The fraction of sp³-hybridized carbons (Fsp3) is 1.00. The Morgan fingerprint density at radius 1 is 0.536 bits per heavy atom. The Morgan fingerprint density at radius 3 is 1.75 bits per heavy atom. The molecule has 0 radical (unpaired) electrons. The summed E-state index contributed by atoms with van der Waals surface area (Å²) in [6.07, 6.45) is 10.0. The minimum absolute atomic E-state index is 0.926. The maximum atomic E-state index is 3.34. The molecule has 0 atom stereocenters. The van der Waals surface area contributed by atoms with Crippen LogP contribution < -0.4 is 5.32 Å². The second kappa shape index (κ2) is 23.1. The topological polar surface area (TPSA) is 21.8 Å². The average Bonchev–Trinajstić information content (AvgIpc) is 3.15. The minimum atomic E-state index is 0.926. The summed E-state index contributed by atoms with van der Waals surface area (Å²) in [6, 6.07) is 0.926. The lowest BCUT2D eigenvalue weighted by molar-refractivity contribution is 0.161. The molecular weight excluding hydrogens is 344 g/mol. The molecule has 0 aromatic rings. The minimum Gasteiger partial charge on any atom is -0.315 e. The first-order valence-corrected chi connectivity index (χ1v) is 12.6. The molecule has 2 aliphatic heterocycles. The molecule has 3 aliphatic rings. The van der Waals surface area contributed by atoms with E-state index >= 15 is 0 Å². The zero-order chi connectivity index (χ0) is 21.6. The summed E-state index contributed by atoms with van der Waals surface area (Å²) in [7, 11) is 4.43. The van der Waals surface area contributed by atoms with Crippen LogP contribution in [0.25, 0.3) is 0 Å². The van der Waals surface area contributed by atoms with Crippen LogP contribution in [-0.4, -0.2) is 87.2 Å². The summed E-state index contributed by atoms with van der Waals surface area (Å²) < 4.78 is 0. The highest BCUT2D eigenvalue weighted by atomic mass is 15.2. The Hall–Kier alpha value is -0.160. The predicted molar refractivity (Wildman–Crippen MR) is 130 cm³/mol. The SMILES string of the molecule is CC.CC.CC.CN1CCCN(C2CCCCC2)CC1.CN1CCCNCC1. The van der Waals surface area contributed by atoms with Gasteiger partial charge in [-0.3, -0.25) is 4.90 Å². The molecule has 4 heteroatoms. The van der Waals surface area contributed by atoms with Crippen molar-refractivity contribution in [2.45, 2.75) is 92.5 Å². The Morgan fingerprint density at radius 2 is 1.11 bits per heavy atom. The highest BCUT2D eigenvalue weighted by Crippen LogP contribution is 2.23. The first kappa shape index (κ1) is 30.0. The van der Waals surface area contributed by atoms with E-state index in [1.54, 1.807) is 0 Å². The second-order valence-electron chi connectivity index (χ2n) is 7.39. The molecule has 2 heterocycles. The van der Waals surface area contributed by atoms with Crippen molar-refractivity contribution in [2.24, 2.45) is 0 Å². The van der Waals surface area contributed by atoms with Crippen LogP contribution >= 0.6 is 0 Å². The summed E-state index contributed by atoms with van der Waals surface area (Å²) in [6.45, 7) is 22.0. The van der Waals surface area contributed by atoms with E-state index in [9.17, 15) is 0 Å². The van der Waals surface area contributed by atoms with E-state index in [0.717, 1.165) is 12.6 Å². The monoisotopic (exact) mass is 400 g/mol. The van der Waals surface area contributed by atoms with Crippen LogP contribution in [0.5, 0.6) is 0 Å². The third-order valence-corrected chi connectivity index (χ3v) is 5.41. The predicted octanol–water partition coefficient (Wildman–Crippen LogP) is 4.95. The average molecular weight is 401 g/mol. The molecule has 4 nitrogen and oxygen atoms in total. The summed E-state index contributed by atoms with van der Waals surface area (Å²) in [5.74, 6) is 0. The van der Waals surface area contributed by atoms with Gasteiger partial charge >= 0.3 is 0 Å². The van der Waals surface area contributed by atoms with E-state index in [0.29, 0.717) is 0 Å². The van der Waals surface area contributed by atoms with Crippen molar-refractivity contribution in [3.63, 3.8) is 0 Å². The van der Waals surface area contributed by atoms with Gasteiger partial charge in [-0.25, -0.2) is 0 Å². The van der Waals surface area contributed by atoms with Gasteiger partial charge < -0.3 is 15.1 Å². The quantitative estimate of drug-likeness (QED) is 0.672. The molecule has 0 aromatic heterocycles. The number of hydrogen-bond donors (Lipinski definition) is 1. The highest BCUT2D eigenvalue weighted by molar-refractivity contribution is 4.78. The van der Waals surface area contributed by atoms with Gasteiger partial charge in [0.1, 0.15) is 0 Å². The zero-order valence-corrected chi connectivity index (χ0v) is 21.0. The van der Waals surface area contributed by atoms with Crippen LogP contribution in [-0.2, 0) is 0 Å². The Labute approximate surface area is 179 Å². The van der Waals surface area contributed by atoms with Gasteiger partial charge in [0, 0.05) is 32.2 Å². The molecule has 28 heavy (non-hydrogen) atoms. The Bertz CT molecular complexity index is 272. The first-order chi connectivity index (χ1) is 13.8. The first-order valence-electron chi connectivity index (χ1n) is 12.6. The number of rotatable bonds is 1. The van der Waals surface area contributed by atoms with Crippen LogP contribution in [0.15, 0.2) is 0 Å². The molecule has 0 unspecified atom stereocenters. The van der Waals surface area contributed by atoms with Crippen molar-refractivity contribution in [1.29, 1.82) is 0 Å². The molecule has 0 bridgehead atoms. The molecule has 3 rings (SSSR count). The normalized spacial score (nSPS) is 22.3. The van der Waals surface area contributed by atoms with Crippen LogP contribution in [0, 0.1) is 0 Å². The van der Waals surface area contributed by atoms with E-state index in [1.165, 1.54) is 90.8 Å². The molecule has 0 amide bonds. The number of nitrogens with zero attached hydrogens (tertiary/aromatic N) is 3. The summed E-state index contributed by atoms with van der Waals surface area (Å²) >= 11 is 0. The fourth-order valence-electron chi connectivity index (χ4n) is 3.86. The number of hydrogen-bond acceptors (Lipinski definition) is 4. The third-order valence-electron chi connectivity index (χ3n) is 5.41. The van der Waals surface area contributed by atoms with Crippen molar-refractivity contribution >= 4 is 0 Å². The fourth-order valence-corrected chi connectivity index (χ4v) is 3.86. The van der Waals surface area contributed by atoms with Crippen LogP contribution in [0.3, 0.4) is 0 Å². The molecule has 1 N–H and O–H groups in total. The van der Waals surface area contributed by atoms with Crippen LogP contribution in [0.1, 0.15) is 86.5 Å². The molecule has 3 fully saturated rings. The van der Waals surface area contributed by atoms with Crippen molar-refractivity contribution in [3.8, 4) is 0 Å². The smallest absolute Gasteiger partial charge is 0.0112 e. The van der Waals surface area contributed by atoms with Crippen LogP contribution in [0.4, 0.5) is 0 Å². The van der Waals surface area contributed by atoms with Gasteiger partial charge in [0.05, 0.1) is 0 Å². The molecule has 0 aromatic carbocycles. The Kier molecular flexibility index (Phi) is 24.8. The second-order valence-corrected chi connectivity index (χ2v) is 7.39. The lowest BCUT2D eigenvalue weighted by Crippen LogP contribution is -2.39. The molecular formula is C24H56N4. The maximum absolute atomic E-state index is 3.34. The van der Waals surface area contributed by atoms with Gasteiger partial charge in [-0.2, -0.15) is 0 Å². The van der Waals surface area contributed by atoms with Crippen molar-refractivity contribution in [1.82, 2.24) is 20.0 Å². The standard InChI is InChI=1S/C12H24N2.C6H14N2.3C2H6/c1-13-8-5-9-14(11-10-13)12-6-3-2-4-7-12;1-8-5-2-3-7-4-6-8;3*1-2/h12H,2-11H2,1H3;7H,2-6H2,1H3;3*1-2H3. The van der Waals surface area contributed by atoms with Gasteiger partial charge in [-0.1, -0.05) is 60.8 Å². The van der Waals surface area contributed by atoms with Gasteiger partial charge in [-0.05, 0) is 66.0 Å².